The van der Waals surface area contributed by atoms with Gasteiger partial charge >= 0.3 is 5.97 Å². The molecule has 1 aliphatic heterocycles. The van der Waals surface area contributed by atoms with Crippen molar-refractivity contribution in [2.24, 2.45) is 5.92 Å². The van der Waals surface area contributed by atoms with Gasteiger partial charge in [-0.05, 0) is 61.2 Å². The summed E-state index contributed by atoms with van der Waals surface area (Å²) < 4.78 is 50.6. The third-order valence-corrected chi connectivity index (χ3v) is 7.05. The topological polar surface area (TPSA) is 72.9 Å². The summed E-state index contributed by atoms with van der Waals surface area (Å²) in [6, 6.07) is 12.5. The summed E-state index contributed by atoms with van der Waals surface area (Å²) in [5.74, 6) is -0.421. The van der Waals surface area contributed by atoms with Gasteiger partial charge in [0.15, 0.2) is 0 Å². The van der Waals surface area contributed by atoms with Crippen LogP contribution in [-0.2, 0) is 26.0 Å². The highest BCUT2D eigenvalue weighted by Gasteiger charge is 2.32. The molecule has 6 nitrogen and oxygen atoms in total. The maximum absolute atomic E-state index is 13.0. The number of ether oxygens (including phenoxy) is 2. The first-order valence-electron chi connectivity index (χ1n) is 10.0. The Balaban J connectivity index is 1.43. The van der Waals surface area contributed by atoms with E-state index in [1.807, 2.05) is 24.3 Å². The fraction of sp³-hybridized carbons (Fsp3) is 0.409. The Morgan fingerprint density at radius 2 is 1.80 bits per heavy atom. The highest BCUT2D eigenvalue weighted by Crippen LogP contribution is 2.25. The predicted molar refractivity (Wildman–Crippen MR) is 110 cm³/mol. The zero-order chi connectivity index (χ0) is 21.6. The van der Waals surface area contributed by atoms with Crippen LogP contribution in [0.5, 0.6) is 5.75 Å². The first-order valence-corrected chi connectivity index (χ1v) is 11.5. The molecule has 2 aromatic carbocycles. The van der Waals surface area contributed by atoms with Crippen LogP contribution in [0.3, 0.4) is 0 Å². The van der Waals surface area contributed by atoms with E-state index in [1.165, 1.54) is 22.0 Å². The molecule has 0 unspecified atom stereocenters. The van der Waals surface area contributed by atoms with Crippen LogP contribution in [0, 0.1) is 11.7 Å². The number of esters is 1. The van der Waals surface area contributed by atoms with Crippen LogP contribution in [0.2, 0.25) is 0 Å². The molecule has 2 aromatic rings. The molecule has 1 saturated heterocycles. The second-order valence-electron chi connectivity index (χ2n) is 7.15. The third-order valence-electron chi connectivity index (χ3n) is 5.14. The third kappa shape index (κ3) is 5.58. The van der Waals surface area contributed by atoms with Crippen molar-refractivity contribution in [2.75, 3.05) is 26.3 Å². The molecule has 0 spiro atoms. The van der Waals surface area contributed by atoms with Gasteiger partial charge in [-0.3, -0.25) is 4.79 Å². The molecule has 0 aromatic heterocycles. The van der Waals surface area contributed by atoms with Gasteiger partial charge in [0.2, 0.25) is 10.0 Å². The van der Waals surface area contributed by atoms with E-state index in [1.54, 1.807) is 0 Å². The molecular weight excluding hydrogens is 409 g/mol. The van der Waals surface area contributed by atoms with Crippen molar-refractivity contribution < 1.29 is 27.1 Å². The van der Waals surface area contributed by atoms with Crippen molar-refractivity contribution in [3.8, 4) is 5.75 Å². The summed E-state index contributed by atoms with van der Waals surface area (Å²) in [4.78, 5) is 12.3. The zero-order valence-corrected chi connectivity index (χ0v) is 17.7. The second-order valence-corrected chi connectivity index (χ2v) is 9.09. The van der Waals surface area contributed by atoms with Crippen LogP contribution < -0.4 is 4.74 Å². The van der Waals surface area contributed by atoms with Gasteiger partial charge in [0.25, 0.3) is 0 Å². The quantitative estimate of drug-likeness (QED) is 0.469. The van der Waals surface area contributed by atoms with Crippen molar-refractivity contribution in [3.05, 3.63) is 59.9 Å². The van der Waals surface area contributed by atoms with Crippen LogP contribution >= 0.6 is 0 Å². The van der Waals surface area contributed by atoms with Crippen LogP contribution in [0.1, 0.15) is 25.3 Å². The maximum Gasteiger partial charge on any atom is 0.309 e. The largest absolute Gasteiger partial charge is 0.490 e. The Bertz CT molecular complexity index is 954. The predicted octanol–water partition coefficient (Wildman–Crippen LogP) is 3.41. The van der Waals surface area contributed by atoms with Crippen LogP contribution in [0.4, 0.5) is 4.39 Å². The van der Waals surface area contributed by atoms with Gasteiger partial charge in [0, 0.05) is 13.1 Å². The fourth-order valence-electron chi connectivity index (χ4n) is 3.36. The Morgan fingerprint density at radius 1 is 1.10 bits per heavy atom. The lowest BCUT2D eigenvalue weighted by Gasteiger charge is -2.30. The summed E-state index contributed by atoms with van der Waals surface area (Å²) in [7, 11) is -3.69. The van der Waals surface area contributed by atoms with E-state index in [0.717, 1.165) is 24.3 Å². The number of carbonyl (C=O) groups excluding carboxylic acids is 1. The molecule has 1 fully saturated rings. The zero-order valence-electron chi connectivity index (χ0n) is 16.9. The lowest BCUT2D eigenvalue weighted by Crippen LogP contribution is -2.40. The molecule has 8 heteroatoms. The van der Waals surface area contributed by atoms with E-state index in [-0.39, 0.29) is 43.1 Å². The molecule has 0 saturated carbocycles. The van der Waals surface area contributed by atoms with Crippen LogP contribution in [0.25, 0.3) is 0 Å². The molecule has 1 aliphatic rings. The summed E-state index contributed by atoms with van der Waals surface area (Å²) in [5, 5.41) is 0. The second kappa shape index (κ2) is 10.0. The average Bonchev–Trinajstić information content (AvgIpc) is 2.77. The number of hydrogen-bond donors (Lipinski definition) is 0. The molecule has 30 heavy (non-hydrogen) atoms. The van der Waals surface area contributed by atoms with E-state index in [4.69, 9.17) is 9.47 Å². The lowest BCUT2D eigenvalue weighted by atomic mass is 9.98. The van der Waals surface area contributed by atoms with Gasteiger partial charge in [-0.1, -0.05) is 19.1 Å². The number of carbonyl (C=O) groups is 1. The van der Waals surface area contributed by atoms with Gasteiger partial charge in [0.1, 0.15) is 24.8 Å². The molecule has 0 radical (unpaired) electrons. The number of aryl methyl sites for hydroxylation is 1. The molecule has 0 aliphatic carbocycles. The molecule has 162 valence electrons. The van der Waals surface area contributed by atoms with Crippen molar-refractivity contribution in [1.82, 2.24) is 4.31 Å². The fourth-order valence-corrected chi connectivity index (χ4v) is 4.83. The van der Waals surface area contributed by atoms with Crippen LogP contribution in [-0.4, -0.2) is 45.0 Å². The molecule has 0 N–H and O–H groups in total. The average molecular weight is 436 g/mol. The molecule has 0 bridgehead atoms. The van der Waals surface area contributed by atoms with Crippen LogP contribution in [0.15, 0.2) is 53.4 Å². The summed E-state index contributed by atoms with van der Waals surface area (Å²) in [6.07, 6.45) is 1.69. The monoisotopic (exact) mass is 435 g/mol. The number of benzene rings is 2. The number of hydrogen-bond acceptors (Lipinski definition) is 5. The minimum absolute atomic E-state index is 0.0502. The molecule has 3 rings (SSSR count). The van der Waals surface area contributed by atoms with Gasteiger partial charge in [0.05, 0.1) is 10.8 Å². The van der Waals surface area contributed by atoms with E-state index in [0.29, 0.717) is 12.8 Å². The number of sulfonamides is 1. The summed E-state index contributed by atoms with van der Waals surface area (Å²) in [6.45, 7) is 2.91. The van der Waals surface area contributed by atoms with Gasteiger partial charge in [-0.15, -0.1) is 0 Å². The standard InChI is InChI=1S/C22H26FNO5S/c1-2-17-4-3-5-20(16-17)28-14-15-29-22(25)18-10-12-24(13-11-18)30(26,27)21-8-6-19(23)7-9-21/h3-9,16,18H,2,10-15H2,1H3. The van der Waals surface area contributed by atoms with E-state index in [2.05, 4.69) is 6.92 Å². The maximum atomic E-state index is 13.0. The Labute approximate surface area is 176 Å². The molecular formula is C22H26FNO5S. The SMILES string of the molecule is CCc1cccc(OCCOC(=O)C2CCN(S(=O)(=O)c3ccc(F)cc3)CC2)c1. The summed E-state index contributed by atoms with van der Waals surface area (Å²) >= 11 is 0. The normalized spacial score (nSPS) is 15.7. The number of halogens is 1. The molecule has 0 atom stereocenters. The Hall–Kier alpha value is -2.45. The van der Waals surface area contributed by atoms with E-state index >= 15 is 0 Å². The molecule has 0 amide bonds. The smallest absolute Gasteiger partial charge is 0.309 e. The van der Waals surface area contributed by atoms with E-state index < -0.39 is 15.8 Å². The minimum Gasteiger partial charge on any atom is -0.490 e. The van der Waals surface area contributed by atoms with Crippen molar-refractivity contribution >= 4 is 16.0 Å². The number of rotatable bonds is 8. The van der Waals surface area contributed by atoms with Gasteiger partial charge < -0.3 is 9.47 Å². The van der Waals surface area contributed by atoms with E-state index in [9.17, 15) is 17.6 Å². The van der Waals surface area contributed by atoms with Gasteiger partial charge in [-0.25, -0.2) is 12.8 Å². The lowest BCUT2D eigenvalue weighted by molar-refractivity contribution is -0.150. The van der Waals surface area contributed by atoms with Crippen molar-refractivity contribution in [3.63, 3.8) is 0 Å². The first kappa shape index (κ1) is 22.2. The highest BCUT2D eigenvalue weighted by molar-refractivity contribution is 7.89. The van der Waals surface area contributed by atoms with Gasteiger partial charge in [-0.2, -0.15) is 4.31 Å². The Morgan fingerprint density at radius 3 is 2.47 bits per heavy atom. The number of nitrogens with zero attached hydrogens (tertiary/aromatic N) is 1. The highest BCUT2D eigenvalue weighted by atomic mass is 32.2. The molecule has 1 heterocycles. The number of piperidine rings is 1. The summed E-state index contributed by atoms with van der Waals surface area (Å²) in [5.41, 5.74) is 1.17. The Kier molecular flexibility index (Phi) is 7.44. The van der Waals surface area contributed by atoms with Crippen molar-refractivity contribution in [2.45, 2.75) is 31.1 Å². The van der Waals surface area contributed by atoms with Crippen molar-refractivity contribution in [1.29, 1.82) is 0 Å². The first-order chi connectivity index (χ1) is 14.4. The minimum atomic E-state index is -3.69.